The molecule has 1 aliphatic heterocycles. The fraction of sp³-hybridized carbons (Fsp3) is 0.375. The molecule has 23 heavy (non-hydrogen) atoms. The number of rotatable bonds is 6. The molecule has 0 spiro atoms. The summed E-state index contributed by atoms with van der Waals surface area (Å²) in [6.45, 7) is 6.26. The number of carbonyl (C=O) groups is 2. The second kappa shape index (κ2) is 7.37. The van der Waals surface area contributed by atoms with E-state index in [0.717, 1.165) is 6.42 Å². The van der Waals surface area contributed by atoms with Crippen molar-refractivity contribution in [1.82, 2.24) is 10.6 Å². The quantitative estimate of drug-likeness (QED) is 0.617. The molecule has 1 saturated heterocycles. The van der Waals surface area contributed by atoms with Gasteiger partial charge in [-0.15, -0.1) is 0 Å². The molecule has 1 aromatic rings. The minimum absolute atomic E-state index is 0.00388. The van der Waals surface area contributed by atoms with Crippen LogP contribution in [0.3, 0.4) is 0 Å². The molecule has 2 rings (SSSR count). The Labute approximate surface area is 139 Å². The number of nitrogens with one attached hydrogen (secondary N) is 2. The normalized spacial score (nSPS) is 17.0. The fourth-order valence-electron chi connectivity index (χ4n) is 1.98. The van der Waals surface area contributed by atoms with Crippen LogP contribution in [-0.4, -0.2) is 24.6 Å². The summed E-state index contributed by atoms with van der Waals surface area (Å²) in [6, 6.07) is 2.83. The van der Waals surface area contributed by atoms with E-state index in [1.165, 1.54) is 6.08 Å². The lowest BCUT2D eigenvalue weighted by atomic mass is 10.1. The number of imide groups is 1. The number of urea groups is 1. The van der Waals surface area contributed by atoms with Gasteiger partial charge in [0.1, 0.15) is 5.70 Å². The first-order chi connectivity index (χ1) is 10.9. The molecule has 1 atom stereocenters. The lowest BCUT2D eigenvalue weighted by Gasteiger charge is -2.18. The van der Waals surface area contributed by atoms with Gasteiger partial charge in [0.25, 0.3) is 5.91 Å². The van der Waals surface area contributed by atoms with Gasteiger partial charge in [0.2, 0.25) is 0 Å². The van der Waals surface area contributed by atoms with Crippen molar-refractivity contribution in [2.45, 2.75) is 33.3 Å². The molecule has 3 amide bonds. The van der Waals surface area contributed by atoms with E-state index in [4.69, 9.17) is 21.1 Å². The van der Waals surface area contributed by atoms with Gasteiger partial charge in [0.05, 0.1) is 17.7 Å². The van der Waals surface area contributed by atoms with Crippen LogP contribution in [-0.2, 0) is 4.79 Å². The van der Waals surface area contributed by atoms with E-state index in [-0.39, 0.29) is 11.8 Å². The molecule has 0 saturated carbocycles. The van der Waals surface area contributed by atoms with Crippen LogP contribution in [0.2, 0.25) is 5.02 Å². The molecular formula is C16H19ClN2O4. The third kappa shape index (κ3) is 4.16. The predicted octanol–water partition coefficient (Wildman–Crippen LogP) is 3.10. The Balaban J connectivity index is 2.37. The molecular weight excluding hydrogens is 320 g/mol. The highest BCUT2D eigenvalue weighted by atomic mass is 35.5. The number of hydrogen-bond acceptors (Lipinski definition) is 4. The zero-order valence-electron chi connectivity index (χ0n) is 13.2. The summed E-state index contributed by atoms with van der Waals surface area (Å²) in [6.07, 6.45) is 2.36. The number of hydrogen-bond donors (Lipinski definition) is 2. The second-order valence-electron chi connectivity index (χ2n) is 5.07. The van der Waals surface area contributed by atoms with E-state index < -0.39 is 11.9 Å². The summed E-state index contributed by atoms with van der Waals surface area (Å²) in [7, 11) is 0. The Morgan fingerprint density at radius 3 is 2.57 bits per heavy atom. The molecule has 1 fully saturated rings. The summed E-state index contributed by atoms with van der Waals surface area (Å²) < 4.78 is 11.4. The van der Waals surface area contributed by atoms with Crippen LogP contribution in [0.5, 0.6) is 11.5 Å². The second-order valence-corrected chi connectivity index (χ2v) is 5.47. The van der Waals surface area contributed by atoms with E-state index in [2.05, 4.69) is 10.6 Å². The Morgan fingerprint density at radius 1 is 1.26 bits per heavy atom. The maximum Gasteiger partial charge on any atom is 0.326 e. The summed E-state index contributed by atoms with van der Waals surface area (Å²) in [5, 5.41) is 4.95. The Bertz CT molecular complexity index is 658. The average Bonchev–Trinajstić information content (AvgIpc) is 2.80. The molecule has 0 unspecified atom stereocenters. The van der Waals surface area contributed by atoms with Gasteiger partial charge < -0.3 is 14.8 Å². The topological polar surface area (TPSA) is 76.7 Å². The average molecular weight is 339 g/mol. The molecule has 0 radical (unpaired) electrons. The molecule has 7 heteroatoms. The monoisotopic (exact) mass is 338 g/mol. The van der Waals surface area contributed by atoms with Crippen molar-refractivity contribution < 1.29 is 19.1 Å². The van der Waals surface area contributed by atoms with Gasteiger partial charge in [0, 0.05) is 0 Å². The van der Waals surface area contributed by atoms with Crippen molar-refractivity contribution in [2.75, 3.05) is 6.61 Å². The molecule has 1 heterocycles. The molecule has 2 N–H and O–H groups in total. The van der Waals surface area contributed by atoms with Gasteiger partial charge in [-0.25, -0.2) is 4.79 Å². The first-order valence-corrected chi connectivity index (χ1v) is 7.79. The summed E-state index contributed by atoms with van der Waals surface area (Å²) in [4.78, 5) is 22.7. The SMILES string of the molecule is CCOc1cc(/C=C2/NC(=O)NC2=O)cc(Cl)c1O[C@@H](C)CC. The molecule has 6 nitrogen and oxygen atoms in total. The van der Waals surface area contributed by atoms with Crippen molar-refractivity contribution >= 4 is 29.6 Å². The molecule has 124 valence electrons. The van der Waals surface area contributed by atoms with Crippen LogP contribution in [0.15, 0.2) is 17.8 Å². The Hall–Kier alpha value is -2.21. The van der Waals surface area contributed by atoms with E-state index in [1.807, 2.05) is 20.8 Å². The Morgan fingerprint density at radius 2 is 2.00 bits per heavy atom. The van der Waals surface area contributed by atoms with Crippen molar-refractivity contribution in [3.63, 3.8) is 0 Å². The number of amides is 3. The minimum Gasteiger partial charge on any atom is -0.490 e. The van der Waals surface area contributed by atoms with E-state index in [9.17, 15) is 9.59 Å². The smallest absolute Gasteiger partial charge is 0.326 e. The largest absolute Gasteiger partial charge is 0.490 e. The maximum absolute atomic E-state index is 11.6. The van der Waals surface area contributed by atoms with Gasteiger partial charge in [-0.3, -0.25) is 10.1 Å². The summed E-state index contributed by atoms with van der Waals surface area (Å²) >= 11 is 6.30. The molecule has 1 aliphatic rings. The highest BCUT2D eigenvalue weighted by molar-refractivity contribution is 6.32. The van der Waals surface area contributed by atoms with Gasteiger partial charge in [0.15, 0.2) is 11.5 Å². The van der Waals surface area contributed by atoms with Crippen LogP contribution in [0.4, 0.5) is 4.79 Å². The Kier molecular flexibility index (Phi) is 5.50. The molecule has 1 aromatic carbocycles. The fourth-order valence-corrected chi connectivity index (χ4v) is 2.25. The summed E-state index contributed by atoms with van der Waals surface area (Å²) in [5.41, 5.74) is 0.784. The maximum atomic E-state index is 11.6. The van der Waals surface area contributed by atoms with Crippen molar-refractivity contribution in [3.8, 4) is 11.5 Å². The van der Waals surface area contributed by atoms with Crippen LogP contribution in [0.1, 0.15) is 32.8 Å². The van der Waals surface area contributed by atoms with Crippen molar-refractivity contribution in [3.05, 3.63) is 28.4 Å². The van der Waals surface area contributed by atoms with E-state index in [0.29, 0.717) is 28.7 Å². The lowest BCUT2D eigenvalue weighted by Crippen LogP contribution is -2.22. The van der Waals surface area contributed by atoms with Crippen LogP contribution < -0.4 is 20.1 Å². The zero-order chi connectivity index (χ0) is 17.0. The highest BCUT2D eigenvalue weighted by Gasteiger charge is 2.23. The van der Waals surface area contributed by atoms with Gasteiger partial charge in [-0.2, -0.15) is 0 Å². The first kappa shape index (κ1) is 17.1. The van der Waals surface area contributed by atoms with Gasteiger partial charge in [-0.05, 0) is 44.0 Å². The number of carbonyl (C=O) groups excluding carboxylic acids is 2. The molecule has 0 aromatic heterocycles. The number of halogens is 1. The van der Waals surface area contributed by atoms with Crippen LogP contribution in [0, 0.1) is 0 Å². The van der Waals surface area contributed by atoms with Gasteiger partial charge in [-0.1, -0.05) is 18.5 Å². The number of benzene rings is 1. The summed E-state index contributed by atoms with van der Waals surface area (Å²) in [5.74, 6) is 0.492. The molecule has 0 bridgehead atoms. The molecule has 0 aliphatic carbocycles. The van der Waals surface area contributed by atoms with E-state index >= 15 is 0 Å². The van der Waals surface area contributed by atoms with Crippen molar-refractivity contribution in [1.29, 1.82) is 0 Å². The third-order valence-corrected chi connectivity index (χ3v) is 3.54. The van der Waals surface area contributed by atoms with Crippen LogP contribution in [0.25, 0.3) is 6.08 Å². The first-order valence-electron chi connectivity index (χ1n) is 7.41. The van der Waals surface area contributed by atoms with Crippen molar-refractivity contribution in [2.24, 2.45) is 0 Å². The predicted molar refractivity (Wildman–Crippen MR) is 87.7 cm³/mol. The number of ether oxygens (including phenoxy) is 2. The highest BCUT2D eigenvalue weighted by Crippen LogP contribution is 2.38. The third-order valence-electron chi connectivity index (χ3n) is 3.26. The minimum atomic E-state index is -0.547. The van der Waals surface area contributed by atoms with Crippen LogP contribution >= 0.6 is 11.6 Å². The van der Waals surface area contributed by atoms with Gasteiger partial charge >= 0.3 is 6.03 Å². The standard InChI is InChI=1S/C16H19ClN2O4/c1-4-9(3)23-14-11(17)6-10(8-13(14)22-5-2)7-12-15(20)19-16(21)18-12/h6-9H,4-5H2,1-3H3,(H2,18,19,20,21)/b12-7+/t9-/m0/s1. The lowest BCUT2D eigenvalue weighted by molar-refractivity contribution is -0.115. The zero-order valence-corrected chi connectivity index (χ0v) is 14.0. The van der Waals surface area contributed by atoms with E-state index in [1.54, 1.807) is 12.1 Å².